The second-order valence-electron chi connectivity index (χ2n) is 7.69. The third-order valence-corrected chi connectivity index (χ3v) is 6.80. The maximum absolute atomic E-state index is 3.91. The van der Waals surface area contributed by atoms with Gasteiger partial charge in [-0.15, -0.1) is 0 Å². The molecule has 0 aromatic heterocycles. The van der Waals surface area contributed by atoms with Crippen LogP contribution >= 0.6 is 11.8 Å². The van der Waals surface area contributed by atoms with Gasteiger partial charge in [-0.3, -0.25) is 0 Å². The van der Waals surface area contributed by atoms with Crippen LogP contribution in [0.3, 0.4) is 0 Å². The second kappa shape index (κ2) is 4.16. The molecule has 2 saturated carbocycles. The first kappa shape index (κ1) is 13.7. The molecule has 2 heteroatoms. The van der Waals surface area contributed by atoms with Crippen molar-refractivity contribution in [3.63, 3.8) is 0 Å². The molecule has 17 heavy (non-hydrogen) atoms. The summed E-state index contributed by atoms with van der Waals surface area (Å²) < 4.78 is 0.355. The zero-order chi connectivity index (χ0) is 12.9. The average Bonchev–Trinajstić information content (AvgIpc) is 2.68. The molecule has 2 aliphatic carbocycles. The lowest BCUT2D eigenvalue weighted by Crippen LogP contribution is -2.53. The molecule has 0 amide bonds. The first-order valence-corrected chi connectivity index (χ1v) is 8.22. The maximum Gasteiger partial charge on any atom is 0.0225 e. The van der Waals surface area contributed by atoms with Crippen molar-refractivity contribution < 1.29 is 0 Å². The summed E-state index contributed by atoms with van der Waals surface area (Å²) >= 11 is 1.97. The first-order valence-electron chi connectivity index (χ1n) is 7.00. The molecule has 2 aliphatic rings. The monoisotopic (exact) mass is 255 g/mol. The van der Waals surface area contributed by atoms with E-state index in [4.69, 9.17) is 0 Å². The normalized spacial score (nSPS) is 39.9. The third-order valence-electron chi connectivity index (χ3n) is 5.55. The topological polar surface area (TPSA) is 12.0 Å². The molecule has 3 atom stereocenters. The summed E-state index contributed by atoms with van der Waals surface area (Å²) in [5.41, 5.74) is 1.05. The predicted molar refractivity (Wildman–Crippen MR) is 78.6 cm³/mol. The van der Waals surface area contributed by atoms with Crippen LogP contribution in [0.2, 0.25) is 0 Å². The maximum atomic E-state index is 3.91. The number of nitrogens with one attached hydrogen (secondary N) is 1. The zero-order valence-corrected chi connectivity index (χ0v) is 13.2. The largest absolute Gasteiger partial charge is 0.312 e. The average molecular weight is 255 g/mol. The van der Waals surface area contributed by atoms with Crippen molar-refractivity contribution in [3.05, 3.63) is 0 Å². The van der Waals surface area contributed by atoms with Crippen LogP contribution < -0.4 is 5.32 Å². The molecular formula is C15H29NS. The lowest BCUT2D eigenvalue weighted by atomic mass is 9.68. The van der Waals surface area contributed by atoms with Crippen LogP contribution in [0.25, 0.3) is 0 Å². The van der Waals surface area contributed by atoms with Gasteiger partial charge in [0.2, 0.25) is 0 Å². The van der Waals surface area contributed by atoms with Gasteiger partial charge in [0, 0.05) is 17.3 Å². The molecule has 1 nitrogen and oxygen atoms in total. The minimum atomic E-state index is 0.355. The summed E-state index contributed by atoms with van der Waals surface area (Å²) in [7, 11) is 0. The molecule has 2 fully saturated rings. The molecular weight excluding hydrogens is 226 g/mol. The minimum Gasteiger partial charge on any atom is -0.312 e. The van der Waals surface area contributed by atoms with Crippen molar-refractivity contribution >= 4 is 11.8 Å². The Morgan fingerprint density at radius 2 is 1.94 bits per heavy atom. The number of rotatable bonds is 4. The summed E-state index contributed by atoms with van der Waals surface area (Å²) in [5, 5.41) is 3.91. The van der Waals surface area contributed by atoms with Gasteiger partial charge in [-0.1, -0.05) is 20.8 Å². The Kier molecular flexibility index (Phi) is 3.36. The van der Waals surface area contributed by atoms with E-state index in [0.29, 0.717) is 21.6 Å². The SMILES string of the molecule is CSC(C)(C)CNC1C(C)(C)[C@H]2CC[C@]1(C)C2. The number of hydrogen-bond donors (Lipinski definition) is 1. The van der Waals surface area contributed by atoms with Gasteiger partial charge in [0.1, 0.15) is 0 Å². The Morgan fingerprint density at radius 1 is 1.29 bits per heavy atom. The smallest absolute Gasteiger partial charge is 0.0225 e. The Hall–Kier alpha value is 0.310. The molecule has 0 spiro atoms. The number of thioether (sulfide) groups is 1. The molecule has 1 unspecified atom stereocenters. The van der Waals surface area contributed by atoms with E-state index in [-0.39, 0.29) is 0 Å². The van der Waals surface area contributed by atoms with E-state index in [1.807, 2.05) is 11.8 Å². The minimum absolute atomic E-state index is 0.355. The fourth-order valence-electron chi connectivity index (χ4n) is 4.23. The number of hydrogen-bond acceptors (Lipinski definition) is 2. The Balaban J connectivity index is 2.05. The van der Waals surface area contributed by atoms with Crippen molar-refractivity contribution in [1.82, 2.24) is 5.32 Å². The highest BCUT2D eigenvalue weighted by Crippen LogP contribution is 2.62. The van der Waals surface area contributed by atoms with E-state index in [1.54, 1.807) is 0 Å². The van der Waals surface area contributed by atoms with E-state index in [9.17, 15) is 0 Å². The Bertz CT molecular complexity index is 293. The summed E-state index contributed by atoms with van der Waals surface area (Å²) in [5.74, 6) is 0.947. The standard InChI is InChI=1S/C15H29NS/c1-13(2,17-6)10-16-12-14(3,4)11-7-8-15(12,5)9-11/h11-12,16H,7-10H2,1-6H3/t11-,12?,15+/m0/s1. The van der Waals surface area contributed by atoms with Crippen molar-refractivity contribution in [3.8, 4) is 0 Å². The molecule has 0 heterocycles. The quantitative estimate of drug-likeness (QED) is 0.817. The summed E-state index contributed by atoms with van der Waals surface area (Å²) in [4.78, 5) is 0. The third kappa shape index (κ3) is 2.28. The molecule has 0 saturated heterocycles. The van der Waals surface area contributed by atoms with Crippen molar-refractivity contribution in [2.75, 3.05) is 12.8 Å². The lowest BCUT2D eigenvalue weighted by Gasteiger charge is -2.44. The van der Waals surface area contributed by atoms with Crippen LogP contribution in [0, 0.1) is 16.7 Å². The van der Waals surface area contributed by atoms with Gasteiger partial charge in [0.25, 0.3) is 0 Å². The van der Waals surface area contributed by atoms with Crippen LogP contribution in [0.5, 0.6) is 0 Å². The zero-order valence-electron chi connectivity index (χ0n) is 12.4. The molecule has 0 aromatic rings. The van der Waals surface area contributed by atoms with Gasteiger partial charge >= 0.3 is 0 Å². The molecule has 2 bridgehead atoms. The van der Waals surface area contributed by atoms with E-state index in [2.05, 4.69) is 46.2 Å². The van der Waals surface area contributed by atoms with Gasteiger partial charge in [0.05, 0.1) is 0 Å². The summed E-state index contributed by atoms with van der Waals surface area (Å²) in [6, 6.07) is 0.708. The summed E-state index contributed by atoms with van der Waals surface area (Å²) in [6.45, 7) is 13.3. The van der Waals surface area contributed by atoms with Gasteiger partial charge in [0.15, 0.2) is 0 Å². The van der Waals surface area contributed by atoms with Crippen molar-refractivity contribution in [2.45, 2.75) is 64.7 Å². The molecule has 0 radical (unpaired) electrons. The Labute approximate surface area is 112 Å². The molecule has 0 aliphatic heterocycles. The molecule has 2 rings (SSSR count). The lowest BCUT2D eigenvalue weighted by molar-refractivity contribution is 0.108. The van der Waals surface area contributed by atoms with Crippen LogP contribution in [-0.4, -0.2) is 23.6 Å². The predicted octanol–water partition coefficient (Wildman–Crippen LogP) is 3.93. The first-order chi connectivity index (χ1) is 7.71. The highest BCUT2D eigenvalue weighted by atomic mass is 32.2. The fourth-order valence-corrected chi connectivity index (χ4v) is 4.46. The molecule has 100 valence electrons. The van der Waals surface area contributed by atoms with Gasteiger partial charge in [-0.2, -0.15) is 11.8 Å². The highest BCUT2D eigenvalue weighted by Gasteiger charge is 2.59. The van der Waals surface area contributed by atoms with Crippen LogP contribution in [0.4, 0.5) is 0 Å². The van der Waals surface area contributed by atoms with E-state index < -0.39 is 0 Å². The molecule has 0 aromatic carbocycles. The van der Waals surface area contributed by atoms with Crippen molar-refractivity contribution in [2.24, 2.45) is 16.7 Å². The van der Waals surface area contributed by atoms with E-state index in [1.165, 1.54) is 19.3 Å². The Morgan fingerprint density at radius 3 is 2.41 bits per heavy atom. The second-order valence-corrected chi connectivity index (χ2v) is 9.21. The number of fused-ring (bicyclic) bond motifs is 2. The van der Waals surface area contributed by atoms with E-state index >= 15 is 0 Å². The van der Waals surface area contributed by atoms with Crippen LogP contribution in [-0.2, 0) is 0 Å². The molecule has 1 N–H and O–H groups in total. The highest BCUT2D eigenvalue weighted by molar-refractivity contribution is 7.99. The fraction of sp³-hybridized carbons (Fsp3) is 1.00. The van der Waals surface area contributed by atoms with Crippen LogP contribution in [0.15, 0.2) is 0 Å². The van der Waals surface area contributed by atoms with Gasteiger partial charge < -0.3 is 5.32 Å². The van der Waals surface area contributed by atoms with E-state index in [0.717, 1.165) is 12.5 Å². The summed E-state index contributed by atoms with van der Waals surface area (Å²) in [6.07, 6.45) is 6.54. The van der Waals surface area contributed by atoms with Crippen LogP contribution in [0.1, 0.15) is 53.9 Å². The van der Waals surface area contributed by atoms with Gasteiger partial charge in [-0.05, 0) is 56.1 Å². The van der Waals surface area contributed by atoms with Gasteiger partial charge in [-0.25, -0.2) is 0 Å². The van der Waals surface area contributed by atoms with Crippen molar-refractivity contribution in [1.29, 1.82) is 0 Å².